The summed E-state index contributed by atoms with van der Waals surface area (Å²) in [5.41, 5.74) is 7.93. The maximum atomic E-state index is 4.95. The minimum absolute atomic E-state index is 0.964. The molecule has 0 fully saturated rings. The first-order valence-corrected chi connectivity index (χ1v) is 7.34. The molecule has 96 valence electrons. The van der Waals surface area contributed by atoms with Crippen LogP contribution in [0.4, 0.5) is 0 Å². The predicted octanol–water partition coefficient (Wildman–Crippen LogP) is 3.04. The number of aryl methyl sites for hydroxylation is 4. The van der Waals surface area contributed by atoms with Crippen molar-refractivity contribution in [3.8, 4) is 0 Å². The average Bonchev–Trinajstić information content (AvgIpc) is 2.63. The fourth-order valence-electron chi connectivity index (χ4n) is 3.32. The Morgan fingerprint density at radius 3 is 2.05 bits per heavy atom. The quantitative estimate of drug-likeness (QED) is 0.718. The number of nitrogens with zero attached hydrogens (tertiary/aromatic N) is 2. The molecule has 2 nitrogen and oxygen atoms in total. The molecule has 0 aliphatic heterocycles. The van der Waals surface area contributed by atoms with E-state index in [0.717, 1.165) is 32.1 Å². The Morgan fingerprint density at radius 1 is 0.632 bits per heavy atom. The fourth-order valence-corrected chi connectivity index (χ4v) is 3.32. The van der Waals surface area contributed by atoms with Crippen LogP contribution in [0.2, 0.25) is 0 Å². The van der Waals surface area contributed by atoms with E-state index in [-0.39, 0.29) is 0 Å². The van der Waals surface area contributed by atoms with Crippen molar-refractivity contribution >= 4 is 0 Å². The zero-order valence-corrected chi connectivity index (χ0v) is 11.2. The van der Waals surface area contributed by atoms with Gasteiger partial charge in [0.1, 0.15) is 0 Å². The van der Waals surface area contributed by atoms with Crippen LogP contribution in [0.25, 0.3) is 0 Å². The van der Waals surface area contributed by atoms with E-state index in [9.17, 15) is 0 Å². The van der Waals surface area contributed by atoms with Crippen LogP contribution in [-0.4, -0.2) is 9.97 Å². The second-order valence-electron chi connectivity index (χ2n) is 5.66. The van der Waals surface area contributed by atoms with Crippen LogP contribution in [0.3, 0.4) is 0 Å². The van der Waals surface area contributed by atoms with E-state index in [1.165, 1.54) is 46.7 Å². The van der Waals surface area contributed by atoms with E-state index >= 15 is 0 Å². The van der Waals surface area contributed by atoms with E-state index in [0.29, 0.717) is 0 Å². The zero-order chi connectivity index (χ0) is 12.7. The largest absolute Gasteiger partial charge is 0.254 e. The molecule has 4 rings (SSSR count). The first-order valence-electron chi connectivity index (χ1n) is 7.34. The summed E-state index contributed by atoms with van der Waals surface area (Å²) < 4.78 is 0. The van der Waals surface area contributed by atoms with Gasteiger partial charge in [-0.2, -0.15) is 0 Å². The Hall–Kier alpha value is -1.70. The molecule has 1 heterocycles. The van der Waals surface area contributed by atoms with Crippen molar-refractivity contribution in [2.45, 2.75) is 44.9 Å². The third-order valence-corrected chi connectivity index (χ3v) is 4.39. The third kappa shape index (κ3) is 1.95. The number of hydrogen-bond donors (Lipinski definition) is 0. The van der Waals surface area contributed by atoms with Crippen molar-refractivity contribution < 1.29 is 0 Å². The van der Waals surface area contributed by atoms with Gasteiger partial charge in [-0.05, 0) is 49.7 Å². The molecule has 0 unspecified atom stereocenters. The Morgan fingerprint density at radius 2 is 1.26 bits per heavy atom. The van der Waals surface area contributed by atoms with Crippen LogP contribution >= 0.6 is 0 Å². The van der Waals surface area contributed by atoms with Gasteiger partial charge in [0, 0.05) is 6.42 Å². The lowest BCUT2D eigenvalue weighted by atomic mass is 9.99. The maximum absolute atomic E-state index is 4.95. The molecule has 2 heteroatoms. The summed E-state index contributed by atoms with van der Waals surface area (Å²) in [5, 5.41) is 0. The minimum Gasteiger partial charge on any atom is -0.254 e. The third-order valence-electron chi connectivity index (χ3n) is 4.39. The fraction of sp³-hybridized carbons (Fsp3) is 0.412. The lowest BCUT2D eigenvalue weighted by molar-refractivity contribution is 0.637. The molecule has 2 aromatic rings. The monoisotopic (exact) mass is 250 g/mol. The van der Waals surface area contributed by atoms with Crippen LogP contribution in [0.1, 0.15) is 46.7 Å². The summed E-state index contributed by atoms with van der Waals surface area (Å²) in [6, 6.07) is 8.77. The molecule has 19 heavy (non-hydrogen) atoms. The molecule has 0 bridgehead atoms. The summed E-state index contributed by atoms with van der Waals surface area (Å²) in [6.45, 7) is 0. The smallest absolute Gasteiger partial charge is 0.0666 e. The van der Waals surface area contributed by atoms with Crippen LogP contribution in [0.15, 0.2) is 24.3 Å². The topological polar surface area (TPSA) is 25.8 Å². The van der Waals surface area contributed by atoms with Gasteiger partial charge in [-0.3, -0.25) is 9.97 Å². The first-order chi connectivity index (χ1) is 9.40. The van der Waals surface area contributed by atoms with Crippen LogP contribution < -0.4 is 0 Å². The molecule has 0 radical (unpaired) electrons. The summed E-state index contributed by atoms with van der Waals surface area (Å²) in [4.78, 5) is 9.88. The second-order valence-corrected chi connectivity index (χ2v) is 5.66. The number of aromatic nitrogens is 2. The lowest BCUT2D eigenvalue weighted by Gasteiger charge is -2.16. The van der Waals surface area contributed by atoms with Gasteiger partial charge < -0.3 is 0 Å². The summed E-state index contributed by atoms with van der Waals surface area (Å²) >= 11 is 0. The van der Waals surface area contributed by atoms with Gasteiger partial charge in [0.25, 0.3) is 0 Å². The van der Waals surface area contributed by atoms with E-state index in [1.807, 2.05) is 0 Å². The van der Waals surface area contributed by atoms with Gasteiger partial charge in [0.2, 0.25) is 0 Å². The molecule has 0 N–H and O–H groups in total. The van der Waals surface area contributed by atoms with Crippen molar-refractivity contribution in [3.63, 3.8) is 0 Å². The molecule has 0 saturated heterocycles. The molecular formula is C17H18N2. The first kappa shape index (κ1) is 11.2. The predicted molar refractivity (Wildman–Crippen MR) is 75.3 cm³/mol. The average molecular weight is 250 g/mol. The van der Waals surface area contributed by atoms with E-state index in [4.69, 9.17) is 9.97 Å². The van der Waals surface area contributed by atoms with Crippen molar-refractivity contribution in [3.05, 3.63) is 58.2 Å². The SMILES string of the molecule is c1ccc2c(c1)CCc1nc3c(nc1C2)CCCC3. The van der Waals surface area contributed by atoms with Crippen LogP contribution in [0, 0.1) is 0 Å². The van der Waals surface area contributed by atoms with Gasteiger partial charge in [0.05, 0.1) is 22.8 Å². The highest BCUT2D eigenvalue weighted by Crippen LogP contribution is 2.25. The molecular weight excluding hydrogens is 232 g/mol. The number of hydrogen-bond acceptors (Lipinski definition) is 2. The van der Waals surface area contributed by atoms with Crippen molar-refractivity contribution in [2.24, 2.45) is 0 Å². The second kappa shape index (κ2) is 4.44. The van der Waals surface area contributed by atoms with Crippen molar-refractivity contribution in [1.82, 2.24) is 9.97 Å². The molecule has 2 aliphatic rings. The number of fused-ring (bicyclic) bond motifs is 3. The van der Waals surface area contributed by atoms with Crippen LogP contribution in [0.5, 0.6) is 0 Å². The van der Waals surface area contributed by atoms with Gasteiger partial charge in [-0.1, -0.05) is 24.3 Å². The molecule has 0 spiro atoms. The Labute approximate surface area is 113 Å². The molecule has 2 aliphatic carbocycles. The summed E-state index contributed by atoms with van der Waals surface area (Å²) in [5.74, 6) is 0. The van der Waals surface area contributed by atoms with Crippen LogP contribution in [-0.2, 0) is 32.1 Å². The highest BCUT2D eigenvalue weighted by Gasteiger charge is 2.19. The molecule has 0 saturated carbocycles. The van der Waals surface area contributed by atoms with Gasteiger partial charge in [-0.25, -0.2) is 0 Å². The highest BCUT2D eigenvalue weighted by atomic mass is 14.9. The summed E-state index contributed by atoms with van der Waals surface area (Å²) in [6.07, 6.45) is 7.92. The molecule has 0 amide bonds. The number of rotatable bonds is 0. The maximum Gasteiger partial charge on any atom is 0.0666 e. The van der Waals surface area contributed by atoms with E-state index < -0.39 is 0 Å². The van der Waals surface area contributed by atoms with Gasteiger partial charge in [0.15, 0.2) is 0 Å². The Kier molecular flexibility index (Phi) is 2.61. The number of benzene rings is 1. The van der Waals surface area contributed by atoms with Crippen molar-refractivity contribution in [1.29, 1.82) is 0 Å². The Bertz CT molecular complexity index is 631. The standard InChI is InChI=1S/C17H18N2/c1-2-6-13-11-17-16(10-9-12(13)5-1)18-14-7-3-4-8-15(14)19-17/h1-2,5-6H,3-4,7-11H2. The van der Waals surface area contributed by atoms with Gasteiger partial charge >= 0.3 is 0 Å². The van der Waals surface area contributed by atoms with E-state index in [2.05, 4.69) is 24.3 Å². The zero-order valence-electron chi connectivity index (χ0n) is 11.2. The van der Waals surface area contributed by atoms with Gasteiger partial charge in [-0.15, -0.1) is 0 Å². The minimum atomic E-state index is 0.964. The normalized spacial score (nSPS) is 17.1. The van der Waals surface area contributed by atoms with E-state index in [1.54, 1.807) is 0 Å². The molecule has 1 aromatic heterocycles. The molecule has 1 aromatic carbocycles. The highest BCUT2D eigenvalue weighted by molar-refractivity contribution is 5.36. The van der Waals surface area contributed by atoms with Crippen molar-refractivity contribution in [2.75, 3.05) is 0 Å². The molecule has 0 atom stereocenters. The summed E-state index contributed by atoms with van der Waals surface area (Å²) in [7, 11) is 0. The Balaban J connectivity index is 1.80. The lowest BCUT2D eigenvalue weighted by Crippen LogP contribution is -2.13.